The van der Waals surface area contributed by atoms with E-state index in [1.165, 1.54) is 45.3 Å². The number of fused-ring (bicyclic) bond motifs is 8. The highest BCUT2D eigenvalue weighted by Crippen LogP contribution is 2.65. The summed E-state index contributed by atoms with van der Waals surface area (Å²) in [6.45, 7) is 7.17. The van der Waals surface area contributed by atoms with Crippen LogP contribution < -0.4 is 19.6 Å². The standard InChI is InChI=1S/C42H39N5/c1-5-33-39(43-4)47-35-25-15-13-23-32(35)42(3,28(2)40(47)44(33)29-18-8-6-9-19-29)38-31-22-12-14-24-34(31)46-37-27-17-16-26-36(37)45(41(38)46)30-20-10-7-11-21-30/h5-28,38,40-41H,1-4H3/b33-5+,43-39+. The van der Waals surface area contributed by atoms with Gasteiger partial charge in [0, 0.05) is 47.0 Å². The Morgan fingerprint density at radius 1 is 0.574 bits per heavy atom. The van der Waals surface area contributed by atoms with Crippen LogP contribution in [0.25, 0.3) is 0 Å². The number of allylic oxidation sites excluding steroid dienone is 1. The monoisotopic (exact) mass is 613 g/mol. The Bertz CT molecular complexity index is 2040. The van der Waals surface area contributed by atoms with Crippen LogP contribution >= 0.6 is 0 Å². The molecule has 5 aromatic rings. The van der Waals surface area contributed by atoms with E-state index in [1.54, 1.807) is 0 Å². The molecule has 0 saturated carbocycles. The minimum atomic E-state index is -0.266. The molecule has 5 aromatic carbocycles. The fourth-order valence-electron chi connectivity index (χ4n) is 9.32. The molecule has 0 bridgehead atoms. The van der Waals surface area contributed by atoms with Crippen LogP contribution in [0, 0.1) is 5.92 Å². The first-order valence-corrected chi connectivity index (χ1v) is 16.8. The lowest BCUT2D eigenvalue weighted by molar-refractivity contribution is 0.203. The number of nitrogens with zero attached hydrogens (tertiary/aromatic N) is 5. The van der Waals surface area contributed by atoms with Gasteiger partial charge in [-0.25, -0.2) is 0 Å². The summed E-state index contributed by atoms with van der Waals surface area (Å²) in [6, 6.07) is 49.0. The summed E-state index contributed by atoms with van der Waals surface area (Å²) in [4.78, 5) is 15.2. The van der Waals surface area contributed by atoms with Crippen molar-refractivity contribution in [1.29, 1.82) is 0 Å². The van der Waals surface area contributed by atoms with E-state index in [-0.39, 0.29) is 29.6 Å². The van der Waals surface area contributed by atoms with E-state index in [1.807, 2.05) is 7.05 Å². The van der Waals surface area contributed by atoms with Gasteiger partial charge in [-0.1, -0.05) is 105 Å². The number of aliphatic imine (C=N–C) groups is 1. The van der Waals surface area contributed by atoms with Crippen LogP contribution in [0.5, 0.6) is 0 Å². The van der Waals surface area contributed by atoms with Gasteiger partial charge in [0.05, 0.1) is 17.1 Å². The van der Waals surface area contributed by atoms with E-state index in [0.29, 0.717) is 0 Å². The van der Waals surface area contributed by atoms with Gasteiger partial charge >= 0.3 is 0 Å². The predicted octanol–water partition coefficient (Wildman–Crippen LogP) is 9.59. The van der Waals surface area contributed by atoms with Crippen molar-refractivity contribution >= 4 is 40.0 Å². The van der Waals surface area contributed by atoms with Crippen molar-refractivity contribution in [2.75, 3.05) is 26.6 Å². The first-order valence-electron chi connectivity index (χ1n) is 16.8. The second-order valence-corrected chi connectivity index (χ2v) is 13.3. The minimum absolute atomic E-state index is 0.0392. The molecule has 5 nitrogen and oxygen atoms in total. The summed E-state index contributed by atoms with van der Waals surface area (Å²) < 4.78 is 0. The van der Waals surface area contributed by atoms with Crippen molar-refractivity contribution < 1.29 is 0 Å². The molecule has 0 spiro atoms. The molecule has 1 saturated heterocycles. The Balaban J connectivity index is 1.32. The molecule has 47 heavy (non-hydrogen) atoms. The first-order chi connectivity index (χ1) is 23.1. The Labute approximate surface area is 277 Å². The van der Waals surface area contributed by atoms with Crippen LogP contribution in [0.2, 0.25) is 0 Å². The third-order valence-electron chi connectivity index (χ3n) is 11.3. The van der Waals surface area contributed by atoms with E-state index in [9.17, 15) is 0 Å². The fraction of sp³-hybridized carbons (Fsp3) is 0.214. The van der Waals surface area contributed by atoms with Gasteiger partial charge in [0.15, 0.2) is 5.84 Å². The van der Waals surface area contributed by atoms with Crippen molar-refractivity contribution in [3.63, 3.8) is 0 Å². The van der Waals surface area contributed by atoms with Crippen LogP contribution in [-0.4, -0.2) is 25.2 Å². The Kier molecular flexibility index (Phi) is 6.17. The van der Waals surface area contributed by atoms with Crippen molar-refractivity contribution in [1.82, 2.24) is 0 Å². The molecule has 0 amide bonds. The van der Waals surface area contributed by atoms with Crippen LogP contribution in [-0.2, 0) is 5.41 Å². The van der Waals surface area contributed by atoms with Gasteiger partial charge in [0.25, 0.3) is 0 Å². The summed E-state index contributed by atoms with van der Waals surface area (Å²) in [5, 5.41) is 0. The van der Waals surface area contributed by atoms with Gasteiger partial charge in [0.1, 0.15) is 12.3 Å². The molecular formula is C42H39N5. The molecule has 4 aliphatic heterocycles. The first kappa shape index (κ1) is 28.0. The largest absolute Gasteiger partial charge is 0.318 e. The van der Waals surface area contributed by atoms with Crippen LogP contribution in [0.1, 0.15) is 37.8 Å². The molecule has 232 valence electrons. The van der Waals surface area contributed by atoms with Crippen molar-refractivity contribution in [3.8, 4) is 0 Å². The second kappa shape index (κ2) is 10.4. The molecule has 5 unspecified atom stereocenters. The number of amidine groups is 1. The molecule has 5 heteroatoms. The summed E-state index contributed by atoms with van der Waals surface area (Å²) in [5.74, 6) is 1.38. The number of rotatable bonds is 3. The van der Waals surface area contributed by atoms with Gasteiger partial charge in [0.2, 0.25) is 0 Å². The highest BCUT2D eigenvalue weighted by molar-refractivity contribution is 6.16. The maximum Gasteiger partial charge on any atom is 0.153 e. The lowest BCUT2D eigenvalue weighted by Gasteiger charge is -2.54. The number of hydrogen-bond donors (Lipinski definition) is 0. The fourth-order valence-corrected chi connectivity index (χ4v) is 9.32. The third-order valence-corrected chi connectivity index (χ3v) is 11.3. The number of benzene rings is 5. The number of hydrogen-bond acceptors (Lipinski definition) is 4. The molecule has 4 heterocycles. The average molecular weight is 614 g/mol. The smallest absolute Gasteiger partial charge is 0.153 e. The van der Waals surface area contributed by atoms with Crippen molar-refractivity contribution in [2.24, 2.45) is 10.9 Å². The van der Waals surface area contributed by atoms with E-state index in [4.69, 9.17) is 4.99 Å². The average Bonchev–Trinajstić information content (AvgIpc) is 3.77. The Morgan fingerprint density at radius 3 is 1.74 bits per heavy atom. The highest BCUT2D eigenvalue weighted by Gasteiger charge is 2.63. The van der Waals surface area contributed by atoms with Gasteiger partial charge in [-0.15, -0.1) is 0 Å². The van der Waals surface area contributed by atoms with E-state index in [2.05, 4.69) is 180 Å². The second-order valence-electron chi connectivity index (χ2n) is 13.3. The normalized spacial score (nSPS) is 27.1. The zero-order chi connectivity index (χ0) is 31.9. The van der Waals surface area contributed by atoms with Crippen LogP contribution in [0.15, 0.2) is 150 Å². The lowest BCUT2D eigenvalue weighted by atomic mass is 9.58. The quantitative estimate of drug-likeness (QED) is 0.202. The lowest BCUT2D eigenvalue weighted by Crippen LogP contribution is -2.59. The van der Waals surface area contributed by atoms with Gasteiger partial charge < -0.3 is 19.6 Å². The Morgan fingerprint density at radius 2 is 1.11 bits per heavy atom. The van der Waals surface area contributed by atoms with E-state index >= 15 is 0 Å². The summed E-state index contributed by atoms with van der Waals surface area (Å²) >= 11 is 0. The highest BCUT2D eigenvalue weighted by atomic mass is 15.5. The molecular weight excluding hydrogens is 574 g/mol. The number of anilines is 6. The van der Waals surface area contributed by atoms with Gasteiger partial charge in [-0.05, 0) is 66.6 Å². The zero-order valence-electron chi connectivity index (χ0n) is 27.3. The van der Waals surface area contributed by atoms with Gasteiger partial charge in [-0.2, -0.15) is 0 Å². The molecule has 4 aliphatic rings. The Hall–Kier alpha value is -5.29. The van der Waals surface area contributed by atoms with E-state index < -0.39 is 0 Å². The molecule has 0 aliphatic carbocycles. The van der Waals surface area contributed by atoms with Crippen LogP contribution in [0.4, 0.5) is 34.1 Å². The van der Waals surface area contributed by atoms with Crippen molar-refractivity contribution in [3.05, 3.63) is 156 Å². The molecule has 9 rings (SSSR count). The molecule has 0 radical (unpaired) electrons. The molecule has 1 fully saturated rings. The summed E-state index contributed by atoms with van der Waals surface area (Å²) in [5.41, 5.74) is 11.2. The van der Waals surface area contributed by atoms with Crippen LogP contribution in [0.3, 0.4) is 0 Å². The summed E-state index contributed by atoms with van der Waals surface area (Å²) in [6.07, 6.45) is 2.33. The maximum atomic E-state index is 4.96. The zero-order valence-corrected chi connectivity index (χ0v) is 27.3. The third kappa shape index (κ3) is 3.63. The number of para-hydroxylation sites is 6. The SMILES string of the molecule is C/C=C1\C(=N/C)N2c3ccccc3C(C)(C3c4ccccc4N4c5ccccc5N(c5ccccc5)C34)C(C)C2N1c1ccccc1. The van der Waals surface area contributed by atoms with E-state index in [0.717, 1.165) is 11.5 Å². The van der Waals surface area contributed by atoms with Gasteiger partial charge in [-0.3, -0.25) is 4.99 Å². The maximum absolute atomic E-state index is 4.96. The predicted molar refractivity (Wildman–Crippen MR) is 195 cm³/mol. The topological polar surface area (TPSA) is 25.3 Å². The van der Waals surface area contributed by atoms with Crippen molar-refractivity contribution in [2.45, 2.75) is 44.4 Å². The molecule has 5 atom stereocenters. The summed E-state index contributed by atoms with van der Waals surface area (Å²) in [7, 11) is 1.93. The molecule has 0 N–H and O–H groups in total. The minimum Gasteiger partial charge on any atom is -0.318 e. The molecule has 0 aromatic heterocycles.